The third-order valence-electron chi connectivity index (χ3n) is 2.48. The van der Waals surface area contributed by atoms with E-state index in [4.69, 9.17) is 17.3 Å². The van der Waals surface area contributed by atoms with Crippen molar-refractivity contribution in [2.45, 2.75) is 4.90 Å². The predicted molar refractivity (Wildman–Crippen MR) is 73.0 cm³/mol. The SMILES string of the molecule is Nc1ccc(Cl)c(S(=O)(=O)Nc2cc(F)c(F)c(F)c2)c1. The van der Waals surface area contributed by atoms with Gasteiger partial charge in [-0.25, -0.2) is 21.6 Å². The highest BCUT2D eigenvalue weighted by molar-refractivity contribution is 7.92. The second kappa shape index (κ2) is 5.45. The van der Waals surface area contributed by atoms with Crippen LogP contribution in [0.4, 0.5) is 24.5 Å². The number of nitrogens with two attached hydrogens (primary N) is 1. The van der Waals surface area contributed by atoms with Crippen LogP contribution in [0.3, 0.4) is 0 Å². The minimum atomic E-state index is -4.23. The van der Waals surface area contributed by atoms with E-state index in [-0.39, 0.29) is 15.6 Å². The lowest BCUT2D eigenvalue weighted by atomic mass is 10.3. The van der Waals surface area contributed by atoms with E-state index in [1.54, 1.807) is 0 Å². The van der Waals surface area contributed by atoms with E-state index in [2.05, 4.69) is 0 Å². The lowest BCUT2D eigenvalue weighted by Gasteiger charge is -2.10. The number of nitrogens with one attached hydrogen (secondary N) is 1. The van der Waals surface area contributed by atoms with Crippen LogP contribution in [-0.2, 0) is 10.0 Å². The molecule has 0 atom stereocenters. The van der Waals surface area contributed by atoms with Gasteiger partial charge in [0.25, 0.3) is 10.0 Å². The summed E-state index contributed by atoms with van der Waals surface area (Å²) in [6.45, 7) is 0. The fourth-order valence-corrected chi connectivity index (χ4v) is 3.13. The number of benzene rings is 2. The molecular formula is C12H8ClF3N2O2S. The van der Waals surface area contributed by atoms with E-state index in [0.717, 1.165) is 6.07 Å². The molecule has 0 aliphatic carbocycles. The van der Waals surface area contributed by atoms with Gasteiger partial charge in [-0.1, -0.05) is 11.6 Å². The molecule has 0 amide bonds. The maximum absolute atomic E-state index is 13.1. The van der Waals surface area contributed by atoms with Gasteiger partial charge < -0.3 is 5.73 Å². The summed E-state index contributed by atoms with van der Waals surface area (Å²) in [5.74, 6) is -4.74. The lowest BCUT2D eigenvalue weighted by molar-refractivity contribution is 0.448. The highest BCUT2D eigenvalue weighted by atomic mass is 35.5. The molecule has 2 aromatic carbocycles. The zero-order valence-corrected chi connectivity index (χ0v) is 11.8. The Morgan fingerprint density at radius 2 is 1.62 bits per heavy atom. The molecule has 0 aliphatic rings. The van der Waals surface area contributed by atoms with Crippen LogP contribution in [-0.4, -0.2) is 8.42 Å². The van der Waals surface area contributed by atoms with E-state index in [9.17, 15) is 21.6 Å². The minimum absolute atomic E-state index is 0.125. The van der Waals surface area contributed by atoms with Gasteiger partial charge in [-0.3, -0.25) is 4.72 Å². The first-order valence-corrected chi connectivity index (χ1v) is 7.29. The molecule has 112 valence electrons. The Kier molecular flexibility index (Phi) is 4.02. The molecule has 0 aromatic heterocycles. The van der Waals surface area contributed by atoms with Gasteiger partial charge in [0.05, 0.1) is 10.7 Å². The molecule has 0 fully saturated rings. The first-order valence-electron chi connectivity index (χ1n) is 5.43. The van der Waals surface area contributed by atoms with Gasteiger partial charge in [0.15, 0.2) is 17.5 Å². The smallest absolute Gasteiger partial charge is 0.263 e. The van der Waals surface area contributed by atoms with Crippen molar-refractivity contribution >= 4 is 33.0 Å². The van der Waals surface area contributed by atoms with Gasteiger partial charge >= 0.3 is 0 Å². The van der Waals surface area contributed by atoms with Crippen molar-refractivity contribution in [1.29, 1.82) is 0 Å². The predicted octanol–water partition coefficient (Wildman–Crippen LogP) is 3.14. The molecule has 9 heteroatoms. The summed E-state index contributed by atoms with van der Waals surface area (Å²) in [7, 11) is -4.23. The summed E-state index contributed by atoms with van der Waals surface area (Å²) in [5, 5.41) is -0.125. The zero-order chi connectivity index (χ0) is 15.8. The molecule has 4 nitrogen and oxygen atoms in total. The number of anilines is 2. The number of halogens is 4. The molecular weight excluding hydrogens is 329 g/mol. The van der Waals surface area contributed by atoms with Crippen LogP contribution in [0.15, 0.2) is 35.2 Å². The first kappa shape index (κ1) is 15.5. The minimum Gasteiger partial charge on any atom is -0.399 e. The normalized spacial score (nSPS) is 11.4. The largest absolute Gasteiger partial charge is 0.399 e. The van der Waals surface area contributed by atoms with Gasteiger partial charge in [0, 0.05) is 17.8 Å². The summed E-state index contributed by atoms with van der Waals surface area (Å²) in [5.41, 5.74) is 5.12. The van der Waals surface area contributed by atoms with Crippen molar-refractivity contribution < 1.29 is 21.6 Å². The number of nitrogen functional groups attached to an aromatic ring is 1. The van der Waals surface area contributed by atoms with Crippen LogP contribution in [0.5, 0.6) is 0 Å². The van der Waals surface area contributed by atoms with Crippen molar-refractivity contribution in [3.8, 4) is 0 Å². The van der Waals surface area contributed by atoms with Gasteiger partial charge in [-0.15, -0.1) is 0 Å². The Morgan fingerprint density at radius 1 is 1.05 bits per heavy atom. The molecule has 0 aliphatic heterocycles. The fraction of sp³-hybridized carbons (Fsp3) is 0. The summed E-state index contributed by atoms with van der Waals surface area (Å²) in [6, 6.07) is 4.75. The molecule has 3 N–H and O–H groups in total. The molecule has 0 saturated carbocycles. The van der Waals surface area contributed by atoms with E-state index in [1.165, 1.54) is 12.1 Å². The van der Waals surface area contributed by atoms with Gasteiger partial charge in [-0.05, 0) is 18.2 Å². The van der Waals surface area contributed by atoms with Crippen LogP contribution in [0.2, 0.25) is 5.02 Å². The van der Waals surface area contributed by atoms with Crippen molar-refractivity contribution in [2.75, 3.05) is 10.5 Å². The molecule has 0 bridgehead atoms. The van der Waals surface area contributed by atoms with Gasteiger partial charge in [0.1, 0.15) is 4.90 Å². The van der Waals surface area contributed by atoms with Crippen molar-refractivity contribution in [3.63, 3.8) is 0 Å². The molecule has 2 rings (SSSR count). The highest BCUT2D eigenvalue weighted by Gasteiger charge is 2.20. The zero-order valence-electron chi connectivity index (χ0n) is 10.2. The summed E-state index contributed by atoms with van der Waals surface area (Å²) in [6.07, 6.45) is 0. The monoisotopic (exact) mass is 336 g/mol. The lowest BCUT2D eigenvalue weighted by Crippen LogP contribution is -2.14. The van der Waals surface area contributed by atoms with E-state index in [0.29, 0.717) is 12.1 Å². The Balaban J connectivity index is 2.45. The Bertz CT molecular complexity index is 789. The molecule has 0 unspecified atom stereocenters. The van der Waals surface area contributed by atoms with Crippen molar-refractivity contribution in [3.05, 3.63) is 52.8 Å². The van der Waals surface area contributed by atoms with Crippen LogP contribution in [0.1, 0.15) is 0 Å². The van der Waals surface area contributed by atoms with Crippen molar-refractivity contribution in [1.82, 2.24) is 0 Å². The Labute approximate surface area is 123 Å². The maximum atomic E-state index is 13.1. The second-order valence-electron chi connectivity index (χ2n) is 4.05. The highest BCUT2D eigenvalue weighted by Crippen LogP contribution is 2.26. The van der Waals surface area contributed by atoms with Crippen LogP contribution in [0, 0.1) is 17.5 Å². The average molecular weight is 337 g/mol. The van der Waals surface area contributed by atoms with Gasteiger partial charge in [-0.2, -0.15) is 0 Å². The number of hydrogen-bond donors (Lipinski definition) is 2. The second-order valence-corrected chi connectivity index (χ2v) is 6.11. The number of rotatable bonds is 3. The number of hydrogen-bond acceptors (Lipinski definition) is 3. The molecule has 0 radical (unpaired) electrons. The third kappa shape index (κ3) is 3.22. The summed E-state index contributed by atoms with van der Waals surface area (Å²) >= 11 is 5.75. The van der Waals surface area contributed by atoms with E-state index in [1.807, 2.05) is 4.72 Å². The summed E-state index contributed by atoms with van der Waals surface area (Å²) in [4.78, 5) is -0.366. The molecule has 0 saturated heterocycles. The van der Waals surface area contributed by atoms with Crippen LogP contribution < -0.4 is 10.5 Å². The topological polar surface area (TPSA) is 72.2 Å². The van der Waals surface area contributed by atoms with Gasteiger partial charge in [0.2, 0.25) is 0 Å². The first-order chi connectivity index (χ1) is 9.70. The standard InChI is InChI=1S/C12H8ClF3N2O2S/c13-8-2-1-6(17)3-11(8)21(19,20)18-7-4-9(14)12(16)10(15)5-7/h1-5,18H,17H2. The molecule has 0 spiro atoms. The molecule has 2 aromatic rings. The van der Waals surface area contributed by atoms with E-state index < -0.39 is 33.2 Å². The van der Waals surface area contributed by atoms with Crippen LogP contribution in [0.25, 0.3) is 0 Å². The third-order valence-corrected chi connectivity index (χ3v) is 4.34. The van der Waals surface area contributed by atoms with Crippen molar-refractivity contribution in [2.24, 2.45) is 0 Å². The average Bonchev–Trinajstić information content (AvgIpc) is 2.38. The maximum Gasteiger partial charge on any atom is 0.263 e. The Morgan fingerprint density at radius 3 is 2.19 bits per heavy atom. The van der Waals surface area contributed by atoms with Crippen LogP contribution >= 0.6 is 11.6 Å². The quantitative estimate of drug-likeness (QED) is 0.668. The number of sulfonamides is 1. The molecule has 0 heterocycles. The summed E-state index contributed by atoms with van der Waals surface area (Å²) < 4.78 is 65.0. The van der Waals surface area contributed by atoms with E-state index >= 15 is 0 Å². The Hall–Kier alpha value is -1.93. The molecule has 21 heavy (non-hydrogen) atoms. The fourth-order valence-electron chi connectivity index (χ4n) is 1.55.